The predicted molar refractivity (Wildman–Crippen MR) is 88.0 cm³/mol. The van der Waals surface area contributed by atoms with E-state index in [1.54, 1.807) is 28.9 Å². The van der Waals surface area contributed by atoms with Crippen LogP contribution < -0.4 is 4.90 Å². The number of amides is 2. The van der Waals surface area contributed by atoms with E-state index < -0.39 is 12.0 Å². The average Bonchev–Trinajstić information content (AvgIpc) is 2.94. The van der Waals surface area contributed by atoms with Crippen molar-refractivity contribution in [1.29, 1.82) is 0 Å². The molecule has 2 aliphatic rings. The van der Waals surface area contributed by atoms with E-state index in [0.717, 1.165) is 6.42 Å². The molecule has 130 valence electrons. The number of aryl methyl sites for hydroxylation is 1. The minimum Gasteiger partial charge on any atom is -0.391 e. The van der Waals surface area contributed by atoms with Gasteiger partial charge in [0.2, 0.25) is 11.8 Å². The van der Waals surface area contributed by atoms with Gasteiger partial charge >= 0.3 is 0 Å². The van der Waals surface area contributed by atoms with Crippen molar-refractivity contribution in [2.24, 2.45) is 11.8 Å². The largest absolute Gasteiger partial charge is 0.391 e. The van der Waals surface area contributed by atoms with Crippen LogP contribution in [-0.4, -0.2) is 47.6 Å². The summed E-state index contributed by atoms with van der Waals surface area (Å²) in [6.07, 6.45) is 0.432. The van der Waals surface area contributed by atoms with Crippen molar-refractivity contribution >= 4 is 17.5 Å². The Hall–Kier alpha value is -1.95. The maximum atomic E-state index is 13.4. The Morgan fingerprint density at radius 2 is 2.08 bits per heavy atom. The van der Waals surface area contributed by atoms with Crippen molar-refractivity contribution in [2.45, 2.75) is 32.8 Å². The molecule has 0 saturated carbocycles. The van der Waals surface area contributed by atoms with Crippen molar-refractivity contribution in [3.05, 3.63) is 29.6 Å². The summed E-state index contributed by atoms with van der Waals surface area (Å²) in [7, 11) is 0. The van der Waals surface area contributed by atoms with Crippen molar-refractivity contribution in [1.82, 2.24) is 4.90 Å². The number of likely N-dealkylation sites (tertiary alicyclic amines) is 1. The summed E-state index contributed by atoms with van der Waals surface area (Å²) in [6, 6.07) is 4.54. The molecule has 0 bridgehead atoms. The highest BCUT2D eigenvalue weighted by Gasteiger charge is 2.39. The van der Waals surface area contributed by atoms with Crippen molar-refractivity contribution < 1.29 is 19.1 Å². The predicted octanol–water partition coefficient (Wildman–Crippen LogP) is 1.72. The number of hydrogen-bond donors (Lipinski definition) is 1. The highest BCUT2D eigenvalue weighted by Crippen LogP contribution is 2.29. The fraction of sp³-hybridized carbons (Fsp3) is 0.556. The summed E-state index contributed by atoms with van der Waals surface area (Å²) in [6.45, 7) is 4.89. The van der Waals surface area contributed by atoms with Gasteiger partial charge < -0.3 is 14.9 Å². The zero-order chi connectivity index (χ0) is 17.4. The van der Waals surface area contributed by atoms with Crippen LogP contribution in [0.1, 0.15) is 25.3 Å². The van der Waals surface area contributed by atoms with Gasteiger partial charge in [-0.15, -0.1) is 0 Å². The number of piperidine rings is 1. The lowest BCUT2D eigenvalue weighted by molar-refractivity contribution is -0.139. The van der Waals surface area contributed by atoms with Crippen LogP contribution in [0.5, 0.6) is 0 Å². The first-order valence-electron chi connectivity index (χ1n) is 8.40. The monoisotopic (exact) mass is 334 g/mol. The molecule has 2 saturated heterocycles. The second-order valence-corrected chi connectivity index (χ2v) is 6.96. The van der Waals surface area contributed by atoms with E-state index in [0.29, 0.717) is 30.9 Å². The standard InChI is InChI=1S/C18H23FN2O3/c1-11-5-6-20(10-16(11)22)18(24)13-8-17(23)21(9-13)14-3-4-15(19)12(2)7-14/h3-4,7,11,13,16,22H,5-6,8-10H2,1-2H3. The molecule has 1 N–H and O–H groups in total. The van der Waals surface area contributed by atoms with E-state index in [1.807, 2.05) is 6.92 Å². The zero-order valence-corrected chi connectivity index (χ0v) is 14.0. The van der Waals surface area contributed by atoms with Gasteiger partial charge in [-0.25, -0.2) is 4.39 Å². The summed E-state index contributed by atoms with van der Waals surface area (Å²) in [4.78, 5) is 28.2. The quantitative estimate of drug-likeness (QED) is 0.896. The molecule has 24 heavy (non-hydrogen) atoms. The van der Waals surface area contributed by atoms with Crippen molar-refractivity contribution in [2.75, 3.05) is 24.5 Å². The Kier molecular flexibility index (Phi) is 4.58. The minimum absolute atomic E-state index is 0.0735. The summed E-state index contributed by atoms with van der Waals surface area (Å²) >= 11 is 0. The van der Waals surface area contributed by atoms with Gasteiger partial charge in [0.15, 0.2) is 0 Å². The summed E-state index contributed by atoms with van der Waals surface area (Å²) in [5.41, 5.74) is 1.10. The number of nitrogens with zero attached hydrogens (tertiary/aromatic N) is 2. The Bertz CT molecular complexity index is 664. The summed E-state index contributed by atoms with van der Waals surface area (Å²) in [5.74, 6) is -0.711. The fourth-order valence-electron chi connectivity index (χ4n) is 3.43. The third-order valence-corrected chi connectivity index (χ3v) is 5.16. The maximum Gasteiger partial charge on any atom is 0.228 e. The SMILES string of the molecule is Cc1cc(N2CC(C(=O)N3CCC(C)C(O)C3)CC2=O)ccc1F. The number of hydrogen-bond acceptors (Lipinski definition) is 3. The zero-order valence-electron chi connectivity index (χ0n) is 14.0. The van der Waals surface area contributed by atoms with Gasteiger partial charge in [0.05, 0.1) is 12.0 Å². The lowest BCUT2D eigenvalue weighted by Crippen LogP contribution is -2.48. The van der Waals surface area contributed by atoms with Gasteiger partial charge in [0.25, 0.3) is 0 Å². The molecule has 6 heteroatoms. The lowest BCUT2D eigenvalue weighted by Gasteiger charge is -2.35. The highest BCUT2D eigenvalue weighted by atomic mass is 19.1. The number of carbonyl (C=O) groups is 2. The van der Waals surface area contributed by atoms with Crippen LogP contribution >= 0.6 is 0 Å². The molecule has 5 nitrogen and oxygen atoms in total. The number of rotatable bonds is 2. The molecule has 2 amide bonds. The number of β-amino-alcohol motifs (C(OH)–C–C–N with tert-alkyl or cyclic N) is 1. The molecule has 2 fully saturated rings. The number of aliphatic hydroxyl groups excluding tert-OH is 1. The van der Waals surface area contributed by atoms with Crippen LogP contribution in [0.3, 0.4) is 0 Å². The van der Waals surface area contributed by atoms with E-state index in [4.69, 9.17) is 0 Å². The average molecular weight is 334 g/mol. The van der Waals surface area contributed by atoms with Gasteiger partial charge in [-0.3, -0.25) is 9.59 Å². The maximum absolute atomic E-state index is 13.4. The third kappa shape index (κ3) is 3.15. The second kappa shape index (κ2) is 6.51. The molecule has 0 aromatic heterocycles. The molecule has 0 spiro atoms. The molecular formula is C18H23FN2O3. The molecule has 3 unspecified atom stereocenters. The normalized spacial score (nSPS) is 27.7. The van der Waals surface area contributed by atoms with E-state index in [9.17, 15) is 19.1 Å². The molecule has 3 rings (SSSR count). The van der Waals surface area contributed by atoms with Crippen LogP contribution in [0.25, 0.3) is 0 Å². The van der Waals surface area contributed by atoms with Crippen LogP contribution in [0, 0.1) is 24.6 Å². The Morgan fingerprint density at radius 3 is 2.75 bits per heavy atom. The molecule has 1 aromatic rings. The van der Waals surface area contributed by atoms with E-state index in [2.05, 4.69) is 0 Å². The molecule has 3 atom stereocenters. The lowest BCUT2D eigenvalue weighted by atomic mass is 9.94. The summed E-state index contributed by atoms with van der Waals surface area (Å²) in [5, 5.41) is 9.97. The van der Waals surface area contributed by atoms with Gasteiger partial charge in [-0.1, -0.05) is 6.92 Å². The number of aliphatic hydroxyl groups is 1. The molecule has 0 aliphatic carbocycles. The Labute approximate surface area is 141 Å². The second-order valence-electron chi connectivity index (χ2n) is 6.96. The van der Waals surface area contributed by atoms with Crippen LogP contribution in [0.4, 0.5) is 10.1 Å². The van der Waals surface area contributed by atoms with Gasteiger partial charge in [0, 0.05) is 31.7 Å². The Morgan fingerprint density at radius 1 is 1.33 bits per heavy atom. The smallest absolute Gasteiger partial charge is 0.228 e. The van der Waals surface area contributed by atoms with Gasteiger partial charge in [-0.2, -0.15) is 0 Å². The van der Waals surface area contributed by atoms with Crippen LogP contribution in [-0.2, 0) is 9.59 Å². The van der Waals surface area contributed by atoms with Gasteiger partial charge in [-0.05, 0) is 43.0 Å². The fourth-order valence-corrected chi connectivity index (χ4v) is 3.43. The summed E-state index contributed by atoms with van der Waals surface area (Å²) < 4.78 is 13.4. The first-order valence-corrected chi connectivity index (χ1v) is 8.40. The number of benzene rings is 1. The Balaban J connectivity index is 1.70. The van der Waals surface area contributed by atoms with E-state index in [1.165, 1.54) is 6.07 Å². The first kappa shape index (κ1) is 16.9. The molecule has 2 aliphatic heterocycles. The number of anilines is 1. The number of carbonyl (C=O) groups excluding carboxylic acids is 2. The van der Waals surface area contributed by atoms with E-state index >= 15 is 0 Å². The molecule has 0 radical (unpaired) electrons. The minimum atomic E-state index is -0.504. The van der Waals surface area contributed by atoms with Crippen molar-refractivity contribution in [3.63, 3.8) is 0 Å². The topological polar surface area (TPSA) is 60.9 Å². The number of halogens is 1. The highest BCUT2D eigenvalue weighted by molar-refractivity contribution is 6.00. The van der Waals surface area contributed by atoms with E-state index in [-0.39, 0.29) is 30.0 Å². The van der Waals surface area contributed by atoms with Crippen LogP contribution in [0.2, 0.25) is 0 Å². The van der Waals surface area contributed by atoms with Crippen LogP contribution in [0.15, 0.2) is 18.2 Å². The van der Waals surface area contributed by atoms with Crippen molar-refractivity contribution in [3.8, 4) is 0 Å². The van der Waals surface area contributed by atoms with Gasteiger partial charge in [0.1, 0.15) is 5.82 Å². The first-order chi connectivity index (χ1) is 11.4. The third-order valence-electron chi connectivity index (χ3n) is 5.16. The molecule has 2 heterocycles. The molecular weight excluding hydrogens is 311 g/mol. The molecule has 1 aromatic carbocycles.